The number of benzene rings is 1. The maximum Gasteiger partial charge on any atom is 0.200 e. The van der Waals surface area contributed by atoms with Gasteiger partial charge in [0.25, 0.3) is 0 Å². The van der Waals surface area contributed by atoms with Crippen molar-refractivity contribution in [2.24, 2.45) is 5.16 Å². The number of hydrogen-bond donors (Lipinski definition) is 0. The molecular weight excluding hydrogens is 330 g/mol. The van der Waals surface area contributed by atoms with E-state index in [-0.39, 0.29) is 17.8 Å². The second kappa shape index (κ2) is 7.89. The number of Topliss-reactive ketones (excluding diaryl/α,β-unsaturated/α-hetero) is 1. The van der Waals surface area contributed by atoms with E-state index in [0.29, 0.717) is 13.2 Å². The number of rotatable bonds is 5. The number of oxime groups is 1. The third kappa shape index (κ3) is 3.42. The van der Waals surface area contributed by atoms with Crippen LogP contribution in [0.3, 0.4) is 0 Å². The minimum atomic E-state index is -0.423. The van der Waals surface area contributed by atoms with Crippen LogP contribution in [0.4, 0.5) is 0 Å². The van der Waals surface area contributed by atoms with Crippen LogP contribution in [-0.4, -0.2) is 37.1 Å². The fourth-order valence-electron chi connectivity index (χ4n) is 4.29. The summed E-state index contributed by atoms with van der Waals surface area (Å²) in [5, 5.41) is 4.15. The second-order valence-corrected chi connectivity index (χ2v) is 7.16. The molecule has 3 rings (SSSR count). The lowest BCUT2D eigenvalue weighted by Crippen LogP contribution is -2.44. The first-order valence-electron chi connectivity index (χ1n) is 9.57. The Kier molecular flexibility index (Phi) is 5.78. The molecule has 1 fully saturated rings. The molecule has 0 amide bonds. The fraction of sp³-hybridized carbons (Fsp3) is 0.619. The van der Waals surface area contributed by atoms with Crippen molar-refractivity contribution in [2.75, 3.05) is 13.2 Å². The van der Waals surface area contributed by atoms with Crippen LogP contribution < -0.4 is 0 Å². The van der Waals surface area contributed by atoms with Gasteiger partial charge in [-0.15, -0.1) is 0 Å². The predicted molar refractivity (Wildman–Crippen MR) is 101 cm³/mol. The van der Waals surface area contributed by atoms with Gasteiger partial charge in [-0.1, -0.05) is 18.1 Å². The zero-order chi connectivity index (χ0) is 18.8. The molecule has 0 saturated carbocycles. The van der Waals surface area contributed by atoms with Crippen LogP contribution in [0.1, 0.15) is 72.1 Å². The maximum atomic E-state index is 12.0. The highest BCUT2D eigenvalue weighted by Crippen LogP contribution is 2.40. The lowest BCUT2D eigenvalue weighted by atomic mass is 9.76. The molecule has 1 aromatic rings. The lowest BCUT2D eigenvalue weighted by Gasteiger charge is -2.41. The van der Waals surface area contributed by atoms with E-state index in [4.69, 9.17) is 14.3 Å². The van der Waals surface area contributed by atoms with E-state index in [1.807, 2.05) is 20.8 Å². The highest BCUT2D eigenvalue weighted by Gasteiger charge is 2.39. The number of carbonyl (C=O) groups excluding carboxylic acids is 1. The molecule has 1 aliphatic heterocycles. The zero-order valence-corrected chi connectivity index (χ0v) is 16.4. The average Bonchev–Trinajstić information content (AvgIpc) is 2.61. The Hall–Kier alpha value is -1.72. The van der Waals surface area contributed by atoms with E-state index in [1.165, 1.54) is 11.1 Å². The van der Waals surface area contributed by atoms with Crippen molar-refractivity contribution < 1.29 is 19.1 Å². The molecule has 26 heavy (non-hydrogen) atoms. The molecule has 1 aromatic carbocycles. The molecule has 5 nitrogen and oxygen atoms in total. The summed E-state index contributed by atoms with van der Waals surface area (Å²) in [5.74, 6) is 0.347. The molecule has 0 N–H and O–H groups in total. The summed E-state index contributed by atoms with van der Waals surface area (Å²) in [6.07, 6.45) is 2.29. The van der Waals surface area contributed by atoms with E-state index in [0.717, 1.165) is 41.7 Å². The topological polar surface area (TPSA) is 57.1 Å². The van der Waals surface area contributed by atoms with Crippen molar-refractivity contribution in [3.8, 4) is 0 Å². The standard InChI is InChI=1S/C21H29NO4/c1-6-18(22-25-7-2)21-24-11-17-16-10-12(3)20(14(5)23)13(4)15(16)8-9-19(17)26-21/h10,17,19,21H,6-9,11H2,1-5H3. The summed E-state index contributed by atoms with van der Waals surface area (Å²) < 4.78 is 12.3. The van der Waals surface area contributed by atoms with Crippen LogP contribution in [0.5, 0.6) is 0 Å². The molecule has 142 valence electrons. The molecule has 3 unspecified atom stereocenters. The number of fused-ring (bicyclic) bond motifs is 3. The maximum absolute atomic E-state index is 12.0. The normalized spacial score (nSPS) is 25.4. The molecular formula is C21H29NO4. The molecule has 3 atom stereocenters. The van der Waals surface area contributed by atoms with Gasteiger partial charge < -0.3 is 14.3 Å². The van der Waals surface area contributed by atoms with Crippen molar-refractivity contribution in [2.45, 2.75) is 72.2 Å². The van der Waals surface area contributed by atoms with Crippen molar-refractivity contribution >= 4 is 11.5 Å². The summed E-state index contributed by atoms with van der Waals surface area (Å²) in [6.45, 7) is 10.8. The molecule has 1 aliphatic carbocycles. The minimum Gasteiger partial charge on any atom is -0.396 e. The van der Waals surface area contributed by atoms with Crippen LogP contribution in [0.2, 0.25) is 0 Å². The first-order chi connectivity index (χ1) is 12.5. The van der Waals surface area contributed by atoms with E-state index in [2.05, 4.69) is 18.1 Å². The van der Waals surface area contributed by atoms with E-state index in [1.54, 1.807) is 6.92 Å². The van der Waals surface area contributed by atoms with E-state index < -0.39 is 6.29 Å². The number of ether oxygens (including phenoxy) is 2. The van der Waals surface area contributed by atoms with Crippen molar-refractivity contribution in [3.05, 3.63) is 33.9 Å². The monoisotopic (exact) mass is 359 g/mol. The molecule has 0 aromatic heterocycles. The third-order valence-electron chi connectivity index (χ3n) is 5.49. The van der Waals surface area contributed by atoms with Crippen LogP contribution in [0.15, 0.2) is 11.2 Å². The van der Waals surface area contributed by atoms with Crippen LogP contribution in [0.25, 0.3) is 0 Å². The number of carbonyl (C=O) groups is 1. The summed E-state index contributed by atoms with van der Waals surface area (Å²) in [7, 11) is 0. The average molecular weight is 359 g/mol. The Morgan fingerprint density at radius 1 is 1.35 bits per heavy atom. The van der Waals surface area contributed by atoms with Crippen LogP contribution in [0, 0.1) is 13.8 Å². The van der Waals surface area contributed by atoms with Crippen molar-refractivity contribution in [3.63, 3.8) is 0 Å². The predicted octanol–water partition coefficient (Wildman–Crippen LogP) is 4.08. The first-order valence-corrected chi connectivity index (χ1v) is 9.57. The summed E-state index contributed by atoms with van der Waals surface area (Å²) in [6, 6.07) is 2.16. The number of nitrogens with zero attached hydrogens (tertiary/aromatic N) is 1. The van der Waals surface area contributed by atoms with Crippen LogP contribution >= 0.6 is 0 Å². The smallest absolute Gasteiger partial charge is 0.200 e. The summed E-state index contributed by atoms with van der Waals surface area (Å²) in [5.41, 5.74) is 6.42. The summed E-state index contributed by atoms with van der Waals surface area (Å²) >= 11 is 0. The highest BCUT2D eigenvalue weighted by atomic mass is 16.7. The van der Waals surface area contributed by atoms with Gasteiger partial charge in [0.05, 0.1) is 12.7 Å². The first kappa shape index (κ1) is 19.1. The Bertz CT molecular complexity index is 725. The van der Waals surface area contributed by atoms with E-state index in [9.17, 15) is 4.79 Å². The number of aryl methyl sites for hydroxylation is 1. The molecule has 0 spiro atoms. The van der Waals surface area contributed by atoms with Gasteiger partial charge in [-0.2, -0.15) is 0 Å². The van der Waals surface area contributed by atoms with Gasteiger partial charge in [-0.05, 0) is 69.2 Å². The molecule has 0 bridgehead atoms. The summed E-state index contributed by atoms with van der Waals surface area (Å²) in [4.78, 5) is 17.2. The largest absolute Gasteiger partial charge is 0.396 e. The minimum absolute atomic E-state index is 0.113. The SMILES string of the molecule is CCON=C(CC)C1OCC2c3cc(C)c(C(C)=O)c(C)c3CCC2O1. The number of ketones is 1. The third-order valence-corrected chi connectivity index (χ3v) is 5.49. The van der Waals surface area contributed by atoms with Gasteiger partial charge in [0, 0.05) is 11.5 Å². The highest BCUT2D eigenvalue weighted by molar-refractivity contribution is 5.97. The molecule has 1 saturated heterocycles. The van der Waals surface area contributed by atoms with Gasteiger partial charge in [0.1, 0.15) is 12.3 Å². The van der Waals surface area contributed by atoms with Gasteiger partial charge in [-0.25, -0.2) is 0 Å². The number of hydrogen-bond acceptors (Lipinski definition) is 5. The molecule has 2 aliphatic rings. The zero-order valence-electron chi connectivity index (χ0n) is 16.4. The molecule has 5 heteroatoms. The quantitative estimate of drug-likeness (QED) is 0.452. The van der Waals surface area contributed by atoms with Gasteiger partial charge in [-0.3, -0.25) is 4.79 Å². The second-order valence-electron chi connectivity index (χ2n) is 7.16. The van der Waals surface area contributed by atoms with Crippen molar-refractivity contribution in [1.82, 2.24) is 0 Å². The van der Waals surface area contributed by atoms with E-state index >= 15 is 0 Å². The van der Waals surface area contributed by atoms with Gasteiger partial charge in [0.2, 0.25) is 6.29 Å². The van der Waals surface area contributed by atoms with Gasteiger partial charge >= 0.3 is 0 Å². The van der Waals surface area contributed by atoms with Crippen molar-refractivity contribution in [1.29, 1.82) is 0 Å². The Labute approximate surface area is 155 Å². The fourth-order valence-corrected chi connectivity index (χ4v) is 4.29. The Balaban J connectivity index is 1.86. The lowest BCUT2D eigenvalue weighted by molar-refractivity contribution is -0.191. The molecule has 1 heterocycles. The Morgan fingerprint density at radius 3 is 2.77 bits per heavy atom. The van der Waals surface area contributed by atoms with Crippen LogP contribution in [-0.2, 0) is 20.7 Å². The Morgan fingerprint density at radius 2 is 2.12 bits per heavy atom. The molecule has 0 radical (unpaired) electrons. The van der Waals surface area contributed by atoms with Gasteiger partial charge in [0.15, 0.2) is 5.78 Å².